The van der Waals surface area contributed by atoms with Gasteiger partial charge in [-0.05, 0) is 66.4 Å². The molecule has 3 aromatic rings. The lowest BCUT2D eigenvalue weighted by molar-refractivity contribution is -0.118. The van der Waals surface area contributed by atoms with Crippen molar-refractivity contribution in [2.45, 2.75) is 25.7 Å². The molecule has 2 aromatic heterocycles. The molecule has 0 atom stereocenters. The first-order valence-electron chi connectivity index (χ1n) is 8.52. The Kier molecular flexibility index (Phi) is 4.55. The number of tetrazole rings is 1. The van der Waals surface area contributed by atoms with Crippen LogP contribution in [0, 0.1) is 0 Å². The van der Waals surface area contributed by atoms with Gasteiger partial charge in [0, 0.05) is 23.1 Å². The Bertz CT molecular complexity index is 893. The second-order valence-corrected chi connectivity index (χ2v) is 6.08. The number of ether oxygens (including phenoxy) is 1. The van der Waals surface area contributed by atoms with E-state index in [0.717, 1.165) is 48.4 Å². The maximum absolute atomic E-state index is 12.2. The topological polar surface area (TPSA) is 94.8 Å². The van der Waals surface area contributed by atoms with Crippen LogP contribution >= 0.6 is 0 Å². The van der Waals surface area contributed by atoms with Crippen molar-refractivity contribution in [3.05, 3.63) is 54.1 Å². The van der Waals surface area contributed by atoms with Crippen LogP contribution in [-0.4, -0.2) is 37.7 Å². The van der Waals surface area contributed by atoms with Crippen LogP contribution in [0.5, 0.6) is 5.75 Å². The first-order valence-corrected chi connectivity index (χ1v) is 8.52. The van der Waals surface area contributed by atoms with Crippen LogP contribution in [0.15, 0.2) is 42.9 Å². The first kappa shape index (κ1) is 16.2. The highest BCUT2D eigenvalue weighted by molar-refractivity contribution is 5.91. The number of carbonyl (C=O) groups is 1. The van der Waals surface area contributed by atoms with E-state index in [1.807, 2.05) is 18.2 Å². The summed E-state index contributed by atoms with van der Waals surface area (Å²) in [6, 6.07) is 9.07. The van der Waals surface area contributed by atoms with Crippen molar-refractivity contribution in [2.24, 2.45) is 0 Å². The van der Waals surface area contributed by atoms with Gasteiger partial charge in [-0.1, -0.05) is 0 Å². The Morgan fingerprint density at radius 1 is 1.15 bits per heavy atom. The highest BCUT2D eigenvalue weighted by Gasteiger charge is 2.16. The summed E-state index contributed by atoms with van der Waals surface area (Å²) in [5, 5.41) is 13.8. The number of aryl methyl sites for hydroxylation is 1. The summed E-state index contributed by atoms with van der Waals surface area (Å²) in [6.07, 6.45) is 7.48. The van der Waals surface area contributed by atoms with Gasteiger partial charge in [0.15, 0.2) is 6.61 Å². The maximum Gasteiger partial charge on any atom is 0.262 e. The van der Waals surface area contributed by atoms with E-state index in [1.54, 1.807) is 23.0 Å². The van der Waals surface area contributed by atoms with E-state index in [-0.39, 0.29) is 12.5 Å². The maximum atomic E-state index is 12.2. The number of rotatable bonds is 5. The second kappa shape index (κ2) is 7.30. The lowest BCUT2D eigenvalue weighted by Gasteiger charge is -2.18. The molecule has 8 heteroatoms. The Hall–Kier alpha value is -3.29. The zero-order valence-electron chi connectivity index (χ0n) is 14.1. The van der Waals surface area contributed by atoms with E-state index in [9.17, 15) is 4.79 Å². The summed E-state index contributed by atoms with van der Waals surface area (Å²) in [5.74, 6) is 0.556. The van der Waals surface area contributed by atoms with E-state index in [0.29, 0.717) is 5.69 Å². The van der Waals surface area contributed by atoms with Crippen molar-refractivity contribution in [2.75, 3.05) is 11.9 Å². The van der Waals surface area contributed by atoms with Gasteiger partial charge in [-0.3, -0.25) is 9.78 Å². The molecule has 0 radical (unpaired) electrons. The zero-order valence-corrected chi connectivity index (χ0v) is 14.1. The lowest BCUT2D eigenvalue weighted by Crippen LogP contribution is -2.21. The van der Waals surface area contributed by atoms with Crippen molar-refractivity contribution in [3.63, 3.8) is 0 Å². The summed E-state index contributed by atoms with van der Waals surface area (Å²) in [5.41, 5.74) is 3.73. The minimum Gasteiger partial charge on any atom is -0.483 e. The van der Waals surface area contributed by atoms with E-state index >= 15 is 0 Å². The number of nitrogens with one attached hydrogen (secondary N) is 1. The molecule has 132 valence electrons. The van der Waals surface area contributed by atoms with E-state index in [1.165, 1.54) is 6.33 Å². The van der Waals surface area contributed by atoms with E-state index < -0.39 is 0 Å². The molecule has 4 rings (SSSR count). The quantitative estimate of drug-likeness (QED) is 0.756. The van der Waals surface area contributed by atoms with Gasteiger partial charge >= 0.3 is 0 Å². The van der Waals surface area contributed by atoms with Crippen LogP contribution in [0.4, 0.5) is 5.69 Å². The van der Waals surface area contributed by atoms with Gasteiger partial charge in [0.05, 0.1) is 5.69 Å². The smallest absolute Gasteiger partial charge is 0.262 e. The summed E-state index contributed by atoms with van der Waals surface area (Å²) < 4.78 is 7.28. The third-order valence-electron chi connectivity index (χ3n) is 4.32. The predicted molar refractivity (Wildman–Crippen MR) is 94.2 cm³/mol. The summed E-state index contributed by atoms with van der Waals surface area (Å²) in [4.78, 5) is 16.6. The molecule has 0 saturated carbocycles. The fourth-order valence-corrected chi connectivity index (χ4v) is 3.05. The number of amides is 1. The monoisotopic (exact) mass is 350 g/mol. The molecule has 8 nitrogen and oxygen atoms in total. The average molecular weight is 350 g/mol. The van der Waals surface area contributed by atoms with Gasteiger partial charge in [0.1, 0.15) is 12.1 Å². The normalized spacial score (nSPS) is 13.1. The van der Waals surface area contributed by atoms with Crippen LogP contribution in [0.3, 0.4) is 0 Å². The lowest BCUT2D eigenvalue weighted by atomic mass is 9.95. The zero-order chi connectivity index (χ0) is 17.8. The highest BCUT2D eigenvalue weighted by Crippen LogP contribution is 2.27. The molecule has 2 heterocycles. The third kappa shape index (κ3) is 3.53. The number of nitrogens with zero attached hydrogens (tertiary/aromatic N) is 5. The summed E-state index contributed by atoms with van der Waals surface area (Å²) >= 11 is 0. The van der Waals surface area contributed by atoms with Crippen LogP contribution in [0.2, 0.25) is 0 Å². The Morgan fingerprint density at radius 3 is 2.81 bits per heavy atom. The Morgan fingerprint density at radius 2 is 2.00 bits per heavy atom. The van der Waals surface area contributed by atoms with Gasteiger partial charge < -0.3 is 10.1 Å². The Balaban J connectivity index is 1.36. The minimum atomic E-state index is -0.207. The molecular formula is C18H18N6O2. The van der Waals surface area contributed by atoms with Gasteiger partial charge in [-0.15, -0.1) is 5.10 Å². The number of aromatic nitrogens is 5. The van der Waals surface area contributed by atoms with Crippen molar-refractivity contribution >= 4 is 11.6 Å². The molecule has 1 aromatic carbocycles. The van der Waals surface area contributed by atoms with Crippen molar-refractivity contribution in [1.29, 1.82) is 0 Å². The van der Waals surface area contributed by atoms with Crippen molar-refractivity contribution in [3.8, 4) is 11.4 Å². The molecule has 1 N–H and O–H groups in total. The van der Waals surface area contributed by atoms with Crippen molar-refractivity contribution < 1.29 is 9.53 Å². The van der Waals surface area contributed by atoms with Gasteiger partial charge in [-0.2, -0.15) is 0 Å². The average Bonchev–Trinajstić information content (AvgIpc) is 3.22. The van der Waals surface area contributed by atoms with Gasteiger partial charge in [0.25, 0.3) is 5.91 Å². The minimum absolute atomic E-state index is 0.0365. The largest absolute Gasteiger partial charge is 0.483 e. The molecule has 0 saturated heterocycles. The van der Waals surface area contributed by atoms with Gasteiger partial charge in [-0.25, -0.2) is 4.68 Å². The van der Waals surface area contributed by atoms with Gasteiger partial charge in [0.2, 0.25) is 0 Å². The third-order valence-corrected chi connectivity index (χ3v) is 4.32. The number of benzene rings is 1. The number of anilines is 1. The number of carbonyl (C=O) groups excluding carboxylic acids is 1. The number of pyridine rings is 1. The number of hydrogen-bond acceptors (Lipinski definition) is 6. The van der Waals surface area contributed by atoms with Crippen LogP contribution < -0.4 is 10.1 Å². The molecule has 26 heavy (non-hydrogen) atoms. The van der Waals surface area contributed by atoms with Crippen LogP contribution in [0.25, 0.3) is 5.69 Å². The Labute approximate surface area is 150 Å². The fraction of sp³-hybridized carbons (Fsp3) is 0.278. The molecule has 0 bridgehead atoms. The summed E-state index contributed by atoms with van der Waals surface area (Å²) in [6.45, 7) is -0.0365. The standard InChI is InChI=1S/C18H18N6O2/c25-18(11-26-17-9-10-19-16-4-2-1-3-15(16)17)21-13-5-7-14(8-6-13)24-12-20-22-23-24/h5-10,12H,1-4,11H2,(H,21,25). The molecule has 0 spiro atoms. The first-order chi connectivity index (χ1) is 12.8. The molecule has 1 aliphatic rings. The molecule has 0 unspecified atom stereocenters. The van der Waals surface area contributed by atoms with E-state index in [4.69, 9.17) is 4.74 Å². The summed E-state index contributed by atoms with van der Waals surface area (Å²) in [7, 11) is 0. The molecule has 0 fully saturated rings. The number of hydrogen-bond donors (Lipinski definition) is 1. The molecule has 0 aliphatic heterocycles. The SMILES string of the molecule is O=C(COc1ccnc2c1CCCC2)Nc1ccc(-n2cnnn2)cc1. The molecule has 1 amide bonds. The van der Waals surface area contributed by atoms with Crippen LogP contribution in [0.1, 0.15) is 24.1 Å². The fourth-order valence-electron chi connectivity index (χ4n) is 3.05. The second-order valence-electron chi connectivity index (χ2n) is 6.08. The molecular weight excluding hydrogens is 332 g/mol. The van der Waals surface area contributed by atoms with Crippen molar-refractivity contribution in [1.82, 2.24) is 25.2 Å². The van der Waals surface area contributed by atoms with E-state index in [2.05, 4.69) is 25.8 Å². The van der Waals surface area contributed by atoms with Crippen LogP contribution in [-0.2, 0) is 17.6 Å². The highest BCUT2D eigenvalue weighted by atomic mass is 16.5. The predicted octanol–water partition coefficient (Wildman–Crippen LogP) is 1.95. The number of fused-ring (bicyclic) bond motifs is 1. The molecule has 1 aliphatic carbocycles.